The molecule has 1 atom stereocenters. The maximum absolute atomic E-state index is 5.80. The molecule has 0 spiro atoms. The molecule has 0 saturated heterocycles. The first-order chi connectivity index (χ1) is 12.4. The molecular formula is C20H16N2O3. The standard InChI is InChI=1S/C20H16N2O3/c1-2-5-16(6-3-1)23-17-10-8-15(9-11-17)19-13-20(22-25-19)24-18-7-4-12-21-14-18/h1-12,14,19H,13H2/t19-/m1/s1. The number of pyridine rings is 1. The minimum absolute atomic E-state index is 0.155. The lowest BCUT2D eigenvalue weighted by Gasteiger charge is -2.10. The summed E-state index contributed by atoms with van der Waals surface area (Å²) in [6, 6.07) is 21.1. The molecule has 0 bridgehead atoms. The van der Waals surface area contributed by atoms with Crippen LogP contribution in [0.25, 0.3) is 0 Å². The number of oxime groups is 1. The molecule has 3 aromatic rings. The van der Waals surface area contributed by atoms with E-state index in [9.17, 15) is 0 Å². The second kappa shape index (κ2) is 7.05. The molecule has 2 aromatic carbocycles. The van der Waals surface area contributed by atoms with Gasteiger partial charge in [-0.05, 0) is 42.0 Å². The van der Waals surface area contributed by atoms with E-state index < -0.39 is 0 Å². The van der Waals surface area contributed by atoms with Crippen molar-refractivity contribution in [3.63, 3.8) is 0 Å². The van der Waals surface area contributed by atoms with E-state index in [0.29, 0.717) is 18.1 Å². The average molecular weight is 332 g/mol. The van der Waals surface area contributed by atoms with Crippen molar-refractivity contribution in [2.45, 2.75) is 12.5 Å². The normalized spacial score (nSPS) is 16.0. The van der Waals surface area contributed by atoms with Gasteiger partial charge in [0.1, 0.15) is 17.2 Å². The van der Waals surface area contributed by atoms with Crippen molar-refractivity contribution >= 4 is 5.90 Å². The third-order valence-corrected chi connectivity index (χ3v) is 3.74. The Balaban J connectivity index is 1.37. The Labute approximate surface area is 145 Å². The van der Waals surface area contributed by atoms with Crippen molar-refractivity contribution in [3.05, 3.63) is 84.7 Å². The van der Waals surface area contributed by atoms with Crippen LogP contribution in [0.4, 0.5) is 0 Å². The Bertz CT molecular complexity index is 849. The van der Waals surface area contributed by atoms with Crippen LogP contribution >= 0.6 is 0 Å². The van der Waals surface area contributed by atoms with Crippen LogP contribution in [0.5, 0.6) is 17.2 Å². The number of aromatic nitrogens is 1. The first-order valence-corrected chi connectivity index (χ1v) is 8.00. The van der Waals surface area contributed by atoms with Gasteiger partial charge in [-0.3, -0.25) is 4.98 Å². The highest BCUT2D eigenvalue weighted by atomic mass is 16.7. The quantitative estimate of drug-likeness (QED) is 0.693. The zero-order valence-corrected chi connectivity index (χ0v) is 13.4. The van der Waals surface area contributed by atoms with Gasteiger partial charge in [-0.15, -0.1) is 0 Å². The molecule has 0 N–H and O–H groups in total. The molecule has 0 saturated carbocycles. The molecule has 5 nitrogen and oxygen atoms in total. The van der Waals surface area contributed by atoms with Gasteiger partial charge in [-0.1, -0.05) is 35.5 Å². The van der Waals surface area contributed by atoms with E-state index in [2.05, 4.69) is 10.1 Å². The number of nitrogens with zero attached hydrogens (tertiary/aromatic N) is 2. The van der Waals surface area contributed by atoms with Crippen LogP contribution in [0.3, 0.4) is 0 Å². The van der Waals surface area contributed by atoms with Crippen LogP contribution in [0, 0.1) is 0 Å². The summed E-state index contributed by atoms with van der Waals surface area (Å²) >= 11 is 0. The highest BCUT2D eigenvalue weighted by molar-refractivity contribution is 5.79. The lowest BCUT2D eigenvalue weighted by atomic mass is 10.1. The van der Waals surface area contributed by atoms with Crippen LogP contribution < -0.4 is 9.47 Å². The fraction of sp³-hybridized carbons (Fsp3) is 0.100. The summed E-state index contributed by atoms with van der Waals surface area (Å²) < 4.78 is 11.5. The van der Waals surface area contributed by atoms with Gasteiger partial charge in [0.05, 0.1) is 12.6 Å². The summed E-state index contributed by atoms with van der Waals surface area (Å²) in [5, 5.41) is 4.01. The molecule has 5 heteroatoms. The lowest BCUT2D eigenvalue weighted by Crippen LogP contribution is -2.07. The Hall–Kier alpha value is -3.34. The van der Waals surface area contributed by atoms with Crippen molar-refractivity contribution in [2.75, 3.05) is 0 Å². The van der Waals surface area contributed by atoms with Crippen molar-refractivity contribution in [1.82, 2.24) is 4.98 Å². The average Bonchev–Trinajstić information content (AvgIpc) is 3.12. The van der Waals surface area contributed by atoms with Crippen LogP contribution in [0.1, 0.15) is 18.1 Å². The smallest absolute Gasteiger partial charge is 0.235 e. The summed E-state index contributed by atoms with van der Waals surface area (Å²) in [5.41, 5.74) is 1.02. The second-order valence-electron chi connectivity index (χ2n) is 5.56. The van der Waals surface area contributed by atoms with Crippen LogP contribution in [-0.4, -0.2) is 10.9 Å². The predicted molar refractivity (Wildman–Crippen MR) is 93.7 cm³/mol. The molecule has 4 rings (SSSR count). The van der Waals surface area contributed by atoms with Gasteiger partial charge in [0.15, 0.2) is 6.10 Å². The van der Waals surface area contributed by atoms with Gasteiger partial charge in [0, 0.05) is 6.20 Å². The number of rotatable bonds is 4. The molecule has 0 amide bonds. The Morgan fingerprint density at radius 3 is 2.32 bits per heavy atom. The molecule has 124 valence electrons. The second-order valence-corrected chi connectivity index (χ2v) is 5.56. The first kappa shape index (κ1) is 15.2. The van der Waals surface area contributed by atoms with Crippen LogP contribution in [-0.2, 0) is 4.84 Å². The third kappa shape index (κ3) is 3.77. The third-order valence-electron chi connectivity index (χ3n) is 3.74. The maximum Gasteiger partial charge on any atom is 0.235 e. The van der Waals surface area contributed by atoms with Gasteiger partial charge in [0.2, 0.25) is 5.90 Å². The first-order valence-electron chi connectivity index (χ1n) is 8.00. The number of hydrogen-bond donors (Lipinski definition) is 0. The molecule has 0 aliphatic carbocycles. The zero-order chi connectivity index (χ0) is 16.9. The van der Waals surface area contributed by atoms with E-state index in [4.69, 9.17) is 14.3 Å². The fourth-order valence-corrected chi connectivity index (χ4v) is 2.51. The van der Waals surface area contributed by atoms with Crippen molar-refractivity contribution in [3.8, 4) is 17.2 Å². The Kier molecular flexibility index (Phi) is 4.29. The molecule has 1 aliphatic rings. The summed E-state index contributed by atoms with van der Waals surface area (Å²) in [4.78, 5) is 9.50. The largest absolute Gasteiger partial charge is 0.457 e. The minimum atomic E-state index is -0.155. The number of para-hydroxylation sites is 1. The molecule has 1 aromatic heterocycles. The molecule has 0 radical (unpaired) electrons. The fourth-order valence-electron chi connectivity index (χ4n) is 2.51. The van der Waals surface area contributed by atoms with Crippen LogP contribution in [0.2, 0.25) is 0 Å². The van der Waals surface area contributed by atoms with Crippen molar-refractivity contribution < 1.29 is 14.3 Å². The van der Waals surface area contributed by atoms with E-state index in [-0.39, 0.29) is 6.10 Å². The maximum atomic E-state index is 5.80. The van der Waals surface area contributed by atoms with Crippen molar-refractivity contribution in [2.24, 2.45) is 5.16 Å². The summed E-state index contributed by atoms with van der Waals surface area (Å²) in [5.74, 6) is 2.78. The molecular weight excluding hydrogens is 316 g/mol. The number of hydrogen-bond acceptors (Lipinski definition) is 5. The Morgan fingerprint density at radius 2 is 1.56 bits per heavy atom. The Morgan fingerprint density at radius 1 is 0.800 bits per heavy atom. The minimum Gasteiger partial charge on any atom is -0.457 e. The predicted octanol–water partition coefficient (Wildman–Crippen LogP) is 4.73. The van der Waals surface area contributed by atoms with Gasteiger partial charge in [-0.2, -0.15) is 0 Å². The highest BCUT2D eigenvalue weighted by Crippen LogP contribution is 2.30. The monoisotopic (exact) mass is 332 g/mol. The zero-order valence-electron chi connectivity index (χ0n) is 13.4. The topological polar surface area (TPSA) is 52.9 Å². The lowest BCUT2D eigenvalue weighted by molar-refractivity contribution is 0.0855. The van der Waals surface area contributed by atoms with E-state index in [1.807, 2.05) is 66.7 Å². The van der Waals surface area contributed by atoms with Gasteiger partial charge in [-0.25, -0.2) is 0 Å². The van der Waals surface area contributed by atoms with Gasteiger partial charge < -0.3 is 14.3 Å². The number of benzene rings is 2. The molecule has 25 heavy (non-hydrogen) atoms. The summed E-state index contributed by atoms with van der Waals surface area (Å²) in [6.45, 7) is 0. The molecule has 1 aliphatic heterocycles. The van der Waals surface area contributed by atoms with Gasteiger partial charge >= 0.3 is 0 Å². The molecule has 0 fully saturated rings. The SMILES string of the molecule is c1ccc(Oc2ccc([C@H]3CC(Oc4cccnc4)=NO3)cc2)cc1. The van der Waals surface area contributed by atoms with E-state index in [1.165, 1.54) is 0 Å². The molecule has 2 heterocycles. The van der Waals surface area contributed by atoms with Crippen LogP contribution in [0.15, 0.2) is 84.3 Å². The van der Waals surface area contributed by atoms with Gasteiger partial charge in [0.25, 0.3) is 0 Å². The highest BCUT2D eigenvalue weighted by Gasteiger charge is 2.24. The summed E-state index contributed by atoms with van der Waals surface area (Å²) in [7, 11) is 0. The van der Waals surface area contributed by atoms with Crippen molar-refractivity contribution in [1.29, 1.82) is 0 Å². The number of ether oxygens (including phenoxy) is 2. The van der Waals surface area contributed by atoms with E-state index in [1.54, 1.807) is 12.4 Å². The van der Waals surface area contributed by atoms with E-state index >= 15 is 0 Å². The molecule has 0 unspecified atom stereocenters. The summed E-state index contributed by atoms with van der Waals surface area (Å²) in [6.07, 6.45) is 3.76. The van der Waals surface area contributed by atoms with E-state index in [0.717, 1.165) is 17.1 Å².